The molecule has 0 fully saturated rings. The number of fused-ring (bicyclic) bond motifs is 1. The van der Waals surface area contributed by atoms with E-state index in [0.717, 1.165) is 5.69 Å². The van der Waals surface area contributed by atoms with E-state index in [9.17, 15) is 9.18 Å². The number of hydrogen-bond donors (Lipinski definition) is 2. The SMILES string of the molecule is Cc1cc(CNCc2nccc3c(=O)[nH]c(COc4ccc(F)c(Cl)c4)nc23)on1. The third-order valence-corrected chi connectivity index (χ3v) is 4.57. The summed E-state index contributed by atoms with van der Waals surface area (Å²) in [5.41, 5.74) is 1.58. The number of aryl methyl sites for hydroxylation is 1. The summed E-state index contributed by atoms with van der Waals surface area (Å²) in [5.74, 6) is 0.836. The van der Waals surface area contributed by atoms with Crippen molar-refractivity contribution in [3.63, 3.8) is 0 Å². The summed E-state index contributed by atoms with van der Waals surface area (Å²) < 4.78 is 24.0. The first-order valence-electron chi connectivity index (χ1n) is 9.07. The number of pyridine rings is 1. The number of benzene rings is 1. The largest absolute Gasteiger partial charge is 0.486 e. The van der Waals surface area contributed by atoms with Crippen molar-refractivity contribution in [1.82, 2.24) is 25.4 Å². The molecule has 0 aliphatic heterocycles. The Bertz CT molecular complexity index is 1260. The van der Waals surface area contributed by atoms with E-state index < -0.39 is 5.82 Å². The van der Waals surface area contributed by atoms with Gasteiger partial charge in [-0.1, -0.05) is 16.8 Å². The van der Waals surface area contributed by atoms with E-state index in [1.54, 1.807) is 12.3 Å². The molecule has 10 heteroatoms. The van der Waals surface area contributed by atoms with Crippen LogP contribution in [0.5, 0.6) is 5.75 Å². The summed E-state index contributed by atoms with van der Waals surface area (Å²) in [6.45, 7) is 2.66. The van der Waals surface area contributed by atoms with E-state index in [4.69, 9.17) is 20.9 Å². The summed E-state index contributed by atoms with van der Waals surface area (Å²) >= 11 is 5.76. The summed E-state index contributed by atoms with van der Waals surface area (Å²) in [7, 11) is 0. The highest BCUT2D eigenvalue weighted by molar-refractivity contribution is 6.30. The summed E-state index contributed by atoms with van der Waals surface area (Å²) in [6.07, 6.45) is 1.56. The molecule has 30 heavy (non-hydrogen) atoms. The van der Waals surface area contributed by atoms with E-state index in [-0.39, 0.29) is 17.2 Å². The molecule has 4 rings (SSSR count). The van der Waals surface area contributed by atoms with Crippen LogP contribution in [0, 0.1) is 12.7 Å². The maximum atomic E-state index is 13.3. The van der Waals surface area contributed by atoms with Gasteiger partial charge >= 0.3 is 0 Å². The first-order chi connectivity index (χ1) is 14.5. The molecule has 0 saturated heterocycles. The molecule has 4 aromatic rings. The topological polar surface area (TPSA) is 106 Å². The first kappa shape index (κ1) is 20.0. The van der Waals surface area contributed by atoms with Gasteiger partial charge in [0.2, 0.25) is 0 Å². The van der Waals surface area contributed by atoms with Crippen LogP contribution in [0.4, 0.5) is 4.39 Å². The van der Waals surface area contributed by atoms with Crippen molar-refractivity contribution in [1.29, 1.82) is 0 Å². The van der Waals surface area contributed by atoms with E-state index in [2.05, 4.69) is 25.4 Å². The van der Waals surface area contributed by atoms with Crippen LogP contribution in [0.25, 0.3) is 10.9 Å². The lowest BCUT2D eigenvalue weighted by molar-refractivity contribution is 0.295. The van der Waals surface area contributed by atoms with Crippen LogP contribution in [0.2, 0.25) is 5.02 Å². The lowest BCUT2D eigenvalue weighted by Gasteiger charge is -2.09. The number of aromatic amines is 1. The molecule has 0 unspecified atom stereocenters. The Balaban J connectivity index is 1.52. The minimum Gasteiger partial charge on any atom is -0.486 e. The van der Waals surface area contributed by atoms with Gasteiger partial charge < -0.3 is 19.6 Å². The maximum absolute atomic E-state index is 13.3. The van der Waals surface area contributed by atoms with Crippen LogP contribution in [0.15, 0.2) is 45.8 Å². The quantitative estimate of drug-likeness (QED) is 0.464. The fourth-order valence-corrected chi connectivity index (χ4v) is 3.06. The van der Waals surface area contributed by atoms with Gasteiger partial charge in [0.1, 0.15) is 29.5 Å². The van der Waals surface area contributed by atoms with Gasteiger partial charge in [0.05, 0.1) is 28.3 Å². The smallest absolute Gasteiger partial charge is 0.258 e. The van der Waals surface area contributed by atoms with E-state index in [1.807, 2.05) is 13.0 Å². The zero-order valence-electron chi connectivity index (χ0n) is 15.9. The Labute approximate surface area is 175 Å². The number of nitrogens with one attached hydrogen (secondary N) is 2. The van der Waals surface area contributed by atoms with Crippen LogP contribution < -0.4 is 15.6 Å². The molecule has 1 aromatic carbocycles. The van der Waals surface area contributed by atoms with E-state index in [0.29, 0.717) is 47.0 Å². The molecule has 0 aliphatic carbocycles. The molecule has 3 aromatic heterocycles. The van der Waals surface area contributed by atoms with Crippen molar-refractivity contribution in [2.75, 3.05) is 0 Å². The van der Waals surface area contributed by atoms with Crippen molar-refractivity contribution >= 4 is 22.5 Å². The molecule has 8 nitrogen and oxygen atoms in total. The second-order valence-corrected chi connectivity index (χ2v) is 6.98. The van der Waals surface area contributed by atoms with Gasteiger partial charge in [-0.15, -0.1) is 0 Å². The second-order valence-electron chi connectivity index (χ2n) is 6.57. The van der Waals surface area contributed by atoms with Crippen molar-refractivity contribution in [3.05, 3.63) is 80.7 Å². The first-order valence-corrected chi connectivity index (χ1v) is 9.45. The van der Waals surface area contributed by atoms with Crippen LogP contribution in [-0.4, -0.2) is 20.1 Å². The van der Waals surface area contributed by atoms with Gasteiger partial charge in [-0.3, -0.25) is 9.78 Å². The van der Waals surface area contributed by atoms with Gasteiger partial charge in [-0.25, -0.2) is 9.37 Å². The number of ether oxygens (including phenoxy) is 1. The molecular weight excluding hydrogens is 413 g/mol. The third-order valence-electron chi connectivity index (χ3n) is 4.28. The standard InChI is InChI=1S/C20H17ClFN5O3/c1-11-6-13(30-27-11)8-23-9-17-19-14(4-5-24-17)20(28)26-18(25-19)10-29-12-2-3-16(22)15(21)7-12/h2-7,23H,8-10H2,1H3,(H,25,26,28). The number of rotatable bonds is 7. The predicted octanol–water partition coefficient (Wildman–Crippen LogP) is 3.28. The molecule has 3 heterocycles. The van der Waals surface area contributed by atoms with Crippen molar-refractivity contribution in [3.8, 4) is 5.75 Å². The molecule has 0 saturated carbocycles. The number of H-pyrrole nitrogens is 1. The molecular formula is C20H17ClFN5O3. The number of halogens is 2. The highest BCUT2D eigenvalue weighted by atomic mass is 35.5. The van der Waals surface area contributed by atoms with Crippen LogP contribution in [0.1, 0.15) is 23.0 Å². The zero-order chi connectivity index (χ0) is 21.1. The highest BCUT2D eigenvalue weighted by Gasteiger charge is 2.11. The third kappa shape index (κ3) is 4.47. The number of aromatic nitrogens is 4. The van der Waals surface area contributed by atoms with Gasteiger partial charge in [0, 0.05) is 24.9 Å². The Morgan fingerprint density at radius 3 is 2.90 bits per heavy atom. The van der Waals surface area contributed by atoms with Crippen molar-refractivity contribution in [2.45, 2.75) is 26.6 Å². The number of hydrogen-bond acceptors (Lipinski definition) is 7. The zero-order valence-corrected chi connectivity index (χ0v) is 16.7. The Morgan fingerprint density at radius 2 is 2.13 bits per heavy atom. The molecule has 2 N–H and O–H groups in total. The predicted molar refractivity (Wildman–Crippen MR) is 108 cm³/mol. The highest BCUT2D eigenvalue weighted by Crippen LogP contribution is 2.21. The van der Waals surface area contributed by atoms with Crippen LogP contribution in [0.3, 0.4) is 0 Å². The molecule has 154 valence electrons. The van der Waals surface area contributed by atoms with Crippen LogP contribution >= 0.6 is 11.6 Å². The summed E-state index contributed by atoms with van der Waals surface area (Å²) in [6, 6.07) is 7.46. The van der Waals surface area contributed by atoms with Crippen molar-refractivity contribution in [2.24, 2.45) is 0 Å². The van der Waals surface area contributed by atoms with Gasteiger partial charge in [0.15, 0.2) is 5.76 Å². The summed E-state index contributed by atoms with van der Waals surface area (Å²) in [5, 5.41) is 7.41. The molecule has 0 atom stereocenters. The minimum absolute atomic E-state index is 0.0216. The lowest BCUT2D eigenvalue weighted by atomic mass is 10.2. The monoisotopic (exact) mass is 429 g/mol. The Morgan fingerprint density at radius 1 is 1.27 bits per heavy atom. The molecule has 0 bridgehead atoms. The fraction of sp³-hybridized carbons (Fsp3) is 0.200. The molecule has 0 aliphatic rings. The molecule has 0 radical (unpaired) electrons. The Hall–Kier alpha value is -3.30. The number of nitrogens with zero attached hydrogens (tertiary/aromatic N) is 3. The average molecular weight is 430 g/mol. The van der Waals surface area contributed by atoms with E-state index >= 15 is 0 Å². The Kier molecular flexibility index (Phi) is 5.73. The van der Waals surface area contributed by atoms with Gasteiger partial charge in [0.25, 0.3) is 5.56 Å². The fourth-order valence-electron chi connectivity index (χ4n) is 2.89. The minimum atomic E-state index is -0.537. The van der Waals surface area contributed by atoms with Gasteiger partial charge in [-0.05, 0) is 25.1 Å². The van der Waals surface area contributed by atoms with E-state index in [1.165, 1.54) is 18.2 Å². The maximum Gasteiger partial charge on any atom is 0.258 e. The average Bonchev–Trinajstić information content (AvgIpc) is 3.14. The normalized spacial score (nSPS) is 11.2. The molecule has 0 spiro atoms. The lowest BCUT2D eigenvalue weighted by Crippen LogP contribution is -2.18. The van der Waals surface area contributed by atoms with Crippen molar-refractivity contribution < 1.29 is 13.7 Å². The van der Waals surface area contributed by atoms with Gasteiger partial charge in [-0.2, -0.15) is 0 Å². The molecule has 0 amide bonds. The summed E-state index contributed by atoms with van der Waals surface area (Å²) in [4.78, 5) is 24.0. The second kappa shape index (κ2) is 8.60. The van der Waals surface area contributed by atoms with Crippen LogP contribution in [-0.2, 0) is 19.7 Å².